The van der Waals surface area contributed by atoms with E-state index in [1.807, 2.05) is 12.3 Å². The molecule has 3 heterocycles. The van der Waals surface area contributed by atoms with E-state index in [-0.39, 0.29) is 11.6 Å². The molecule has 4 aromatic rings. The Morgan fingerprint density at radius 1 is 1.00 bits per heavy atom. The zero-order chi connectivity index (χ0) is 22.8. The van der Waals surface area contributed by atoms with Gasteiger partial charge in [-0.3, -0.25) is 4.90 Å². The largest absolute Gasteiger partial charge is 0.382 e. The number of piperazine rings is 1. The molecule has 1 aliphatic heterocycles. The highest BCUT2D eigenvalue weighted by Gasteiger charge is 2.23. The van der Waals surface area contributed by atoms with Gasteiger partial charge in [0.1, 0.15) is 11.6 Å². The van der Waals surface area contributed by atoms with Crippen molar-refractivity contribution < 1.29 is 17.0 Å². The van der Waals surface area contributed by atoms with E-state index in [4.69, 9.17) is 4.18 Å². The summed E-state index contributed by atoms with van der Waals surface area (Å²) in [5, 5.41) is 5.52. The Morgan fingerprint density at radius 3 is 2.42 bits per heavy atom. The molecule has 0 amide bonds. The minimum absolute atomic E-state index is 0.0564. The fraction of sp³-hybridized carbons (Fsp3) is 0.273. The number of anilines is 1. The smallest absolute Gasteiger partial charge is 0.310 e. The number of aromatic nitrogens is 3. The van der Waals surface area contributed by atoms with Gasteiger partial charge in [-0.05, 0) is 36.4 Å². The molecule has 1 saturated heterocycles. The molecule has 172 valence electrons. The second-order valence-corrected chi connectivity index (χ2v) is 10.4. The van der Waals surface area contributed by atoms with Crippen LogP contribution >= 0.6 is 11.3 Å². The van der Waals surface area contributed by atoms with Gasteiger partial charge in [0.05, 0.1) is 17.6 Å². The van der Waals surface area contributed by atoms with Crippen molar-refractivity contribution in [1.29, 1.82) is 0 Å². The zero-order valence-electron chi connectivity index (χ0n) is 17.7. The van der Waals surface area contributed by atoms with E-state index < -0.39 is 10.1 Å². The standard InChI is InChI=1S/C22H22FN5O3S2/c23-18-8-6-17(7-9-18)20-16-28-21(24-20)32-22(25-28)27-12-10-26(11-13-27)14-15-33(29,30)31-19-4-2-1-3-5-19/h1-9,16H,10-15H2. The van der Waals surface area contributed by atoms with Gasteiger partial charge in [0, 0.05) is 38.3 Å². The molecular formula is C22H22FN5O3S2. The van der Waals surface area contributed by atoms with Crippen LogP contribution in [0.15, 0.2) is 60.8 Å². The number of hydrogen-bond acceptors (Lipinski definition) is 8. The third kappa shape index (κ3) is 5.15. The Kier molecular flexibility index (Phi) is 6.00. The second-order valence-electron chi connectivity index (χ2n) is 7.73. The molecule has 0 bridgehead atoms. The summed E-state index contributed by atoms with van der Waals surface area (Å²) >= 11 is 1.50. The van der Waals surface area contributed by atoms with Crippen molar-refractivity contribution >= 4 is 31.5 Å². The van der Waals surface area contributed by atoms with Crippen molar-refractivity contribution in [1.82, 2.24) is 19.5 Å². The fourth-order valence-corrected chi connectivity index (χ4v) is 5.55. The topological polar surface area (TPSA) is 80.0 Å². The van der Waals surface area contributed by atoms with Gasteiger partial charge >= 0.3 is 10.1 Å². The van der Waals surface area contributed by atoms with Crippen LogP contribution in [0.3, 0.4) is 0 Å². The highest BCUT2D eigenvalue weighted by atomic mass is 32.2. The van der Waals surface area contributed by atoms with Crippen LogP contribution in [0.1, 0.15) is 0 Å². The maximum atomic E-state index is 13.1. The summed E-state index contributed by atoms with van der Waals surface area (Å²) in [4.78, 5) is 9.69. The summed E-state index contributed by atoms with van der Waals surface area (Å²) in [5.74, 6) is -0.00148. The van der Waals surface area contributed by atoms with Crippen molar-refractivity contribution in [3.8, 4) is 17.0 Å². The van der Waals surface area contributed by atoms with Crippen LogP contribution in [0.5, 0.6) is 5.75 Å². The number of nitrogens with zero attached hydrogens (tertiary/aromatic N) is 5. The monoisotopic (exact) mass is 487 g/mol. The Hall–Kier alpha value is -3.02. The van der Waals surface area contributed by atoms with Crippen LogP contribution in [0.4, 0.5) is 9.52 Å². The molecule has 1 aliphatic rings. The van der Waals surface area contributed by atoms with E-state index in [9.17, 15) is 12.8 Å². The number of hydrogen-bond donors (Lipinski definition) is 0. The highest BCUT2D eigenvalue weighted by Crippen LogP contribution is 2.27. The van der Waals surface area contributed by atoms with E-state index in [2.05, 4.69) is 19.9 Å². The molecule has 33 heavy (non-hydrogen) atoms. The minimum atomic E-state index is -3.64. The van der Waals surface area contributed by atoms with Gasteiger partial charge in [0.2, 0.25) is 10.1 Å². The van der Waals surface area contributed by atoms with Crippen molar-refractivity contribution in [3.63, 3.8) is 0 Å². The first-order valence-corrected chi connectivity index (χ1v) is 12.9. The normalized spacial score (nSPS) is 15.2. The first-order chi connectivity index (χ1) is 15.9. The summed E-state index contributed by atoms with van der Waals surface area (Å²) in [6, 6.07) is 14.8. The van der Waals surface area contributed by atoms with Gasteiger partial charge < -0.3 is 9.08 Å². The average molecular weight is 488 g/mol. The first-order valence-electron chi connectivity index (χ1n) is 10.5. The fourth-order valence-electron chi connectivity index (χ4n) is 3.65. The van der Waals surface area contributed by atoms with Crippen molar-refractivity contribution in [3.05, 3.63) is 66.6 Å². The summed E-state index contributed by atoms with van der Waals surface area (Å²) in [6.07, 6.45) is 1.84. The Balaban J connectivity index is 1.15. The number of para-hydroxylation sites is 1. The molecule has 8 nitrogen and oxygen atoms in total. The lowest BCUT2D eigenvalue weighted by Crippen LogP contribution is -2.47. The van der Waals surface area contributed by atoms with Crippen LogP contribution < -0.4 is 9.08 Å². The summed E-state index contributed by atoms with van der Waals surface area (Å²) in [7, 11) is -3.64. The quantitative estimate of drug-likeness (QED) is 0.371. The van der Waals surface area contributed by atoms with Crippen LogP contribution in [-0.4, -0.2) is 66.4 Å². The van der Waals surface area contributed by atoms with Gasteiger partial charge in [0.25, 0.3) is 0 Å². The summed E-state index contributed by atoms with van der Waals surface area (Å²) < 4.78 is 44.5. The molecule has 0 atom stereocenters. The Morgan fingerprint density at radius 2 is 1.73 bits per heavy atom. The molecule has 2 aromatic heterocycles. The molecular weight excluding hydrogens is 465 g/mol. The number of imidazole rings is 1. The molecule has 0 spiro atoms. The van der Waals surface area contributed by atoms with Crippen LogP contribution in [0, 0.1) is 5.82 Å². The summed E-state index contributed by atoms with van der Waals surface area (Å²) in [5.41, 5.74) is 1.60. The molecule has 0 N–H and O–H groups in total. The lowest BCUT2D eigenvalue weighted by atomic mass is 10.2. The zero-order valence-corrected chi connectivity index (χ0v) is 19.3. The predicted molar refractivity (Wildman–Crippen MR) is 126 cm³/mol. The predicted octanol–water partition coefficient (Wildman–Crippen LogP) is 3.13. The average Bonchev–Trinajstić information content (AvgIpc) is 3.39. The SMILES string of the molecule is O=S(=O)(CCN1CCN(c2nn3cc(-c4ccc(F)cc4)nc3s2)CC1)Oc1ccccc1. The minimum Gasteiger partial charge on any atom is -0.382 e. The van der Waals surface area contributed by atoms with E-state index >= 15 is 0 Å². The van der Waals surface area contributed by atoms with E-state index in [1.54, 1.807) is 40.9 Å². The van der Waals surface area contributed by atoms with Gasteiger partial charge in [-0.25, -0.2) is 13.9 Å². The van der Waals surface area contributed by atoms with Gasteiger partial charge in [0.15, 0.2) is 0 Å². The maximum Gasteiger partial charge on any atom is 0.310 e. The number of halogens is 1. The molecule has 1 fully saturated rings. The lowest BCUT2D eigenvalue weighted by molar-refractivity contribution is 0.270. The number of rotatable bonds is 7. The maximum absolute atomic E-state index is 13.1. The Labute approximate surface area is 195 Å². The molecule has 0 unspecified atom stereocenters. The molecule has 5 rings (SSSR count). The number of benzene rings is 2. The van der Waals surface area contributed by atoms with Crippen molar-refractivity contribution in [2.75, 3.05) is 43.4 Å². The van der Waals surface area contributed by atoms with Crippen molar-refractivity contribution in [2.24, 2.45) is 0 Å². The first kappa shape index (κ1) is 21.8. The van der Waals surface area contributed by atoms with E-state index in [0.29, 0.717) is 12.3 Å². The molecule has 0 aliphatic carbocycles. The van der Waals surface area contributed by atoms with Crippen LogP contribution in [0.2, 0.25) is 0 Å². The lowest BCUT2D eigenvalue weighted by Gasteiger charge is -2.34. The third-order valence-electron chi connectivity index (χ3n) is 5.44. The number of fused-ring (bicyclic) bond motifs is 1. The molecule has 11 heteroatoms. The van der Waals surface area contributed by atoms with E-state index in [0.717, 1.165) is 47.5 Å². The highest BCUT2D eigenvalue weighted by molar-refractivity contribution is 7.87. The van der Waals surface area contributed by atoms with Crippen molar-refractivity contribution in [2.45, 2.75) is 0 Å². The van der Waals surface area contributed by atoms with Crippen LogP contribution in [-0.2, 0) is 10.1 Å². The molecule has 2 aromatic carbocycles. The Bertz CT molecular complexity index is 1300. The van der Waals surface area contributed by atoms with Gasteiger partial charge in [-0.2, -0.15) is 8.42 Å². The third-order valence-corrected chi connectivity index (χ3v) is 7.55. The molecule has 0 saturated carbocycles. The van der Waals surface area contributed by atoms with Crippen LogP contribution in [0.25, 0.3) is 16.2 Å². The molecule has 0 radical (unpaired) electrons. The van der Waals surface area contributed by atoms with E-state index in [1.165, 1.54) is 23.5 Å². The summed E-state index contributed by atoms with van der Waals surface area (Å²) in [6.45, 7) is 3.40. The van der Waals surface area contributed by atoms with Gasteiger partial charge in [-0.15, -0.1) is 5.10 Å². The van der Waals surface area contributed by atoms with Gasteiger partial charge in [-0.1, -0.05) is 29.5 Å². The second kappa shape index (κ2) is 9.08.